The fourth-order valence-electron chi connectivity index (χ4n) is 2.71. The molecule has 0 saturated carbocycles. The van der Waals surface area contributed by atoms with Gasteiger partial charge in [-0.1, -0.05) is 35.9 Å². The summed E-state index contributed by atoms with van der Waals surface area (Å²) in [5.74, 6) is 1.33. The predicted octanol–water partition coefficient (Wildman–Crippen LogP) is 4.08. The van der Waals surface area contributed by atoms with Gasteiger partial charge in [0.1, 0.15) is 5.75 Å². The zero-order valence-corrected chi connectivity index (χ0v) is 12.2. The second kappa shape index (κ2) is 5.47. The Morgan fingerprint density at radius 3 is 2.85 bits per heavy atom. The van der Waals surface area contributed by atoms with E-state index < -0.39 is 0 Å². The molecule has 0 aromatic heterocycles. The van der Waals surface area contributed by atoms with Gasteiger partial charge < -0.3 is 10.5 Å². The van der Waals surface area contributed by atoms with E-state index in [1.165, 1.54) is 11.1 Å². The van der Waals surface area contributed by atoms with Crippen LogP contribution in [0.25, 0.3) is 0 Å². The summed E-state index contributed by atoms with van der Waals surface area (Å²) >= 11 is 6.02. The lowest BCUT2D eigenvalue weighted by molar-refractivity contribution is 0.272. The molecular weight excluding hydrogens is 270 g/mol. The summed E-state index contributed by atoms with van der Waals surface area (Å²) in [5, 5.41) is 0.693. The van der Waals surface area contributed by atoms with Gasteiger partial charge in [-0.25, -0.2) is 0 Å². The van der Waals surface area contributed by atoms with Crippen LogP contribution in [0.2, 0.25) is 5.02 Å². The van der Waals surface area contributed by atoms with Crippen molar-refractivity contribution in [2.75, 3.05) is 6.61 Å². The first-order valence-electron chi connectivity index (χ1n) is 6.91. The molecule has 0 amide bonds. The number of halogens is 1. The molecule has 2 N–H and O–H groups in total. The number of benzene rings is 2. The third-order valence-corrected chi connectivity index (χ3v) is 4.10. The molecule has 2 atom stereocenters. The van der Waals surface area contributed by atoms with E-state index in [1.54, 1.807) is 0 Å². The Labute approximate surface area is 124 Å². The molecule has 2 nitrogen and oxygen atoms in total. The minimum atomic E-state index is -0.0858. The Kier molecular flexibility index (Phi) is 3.68. The van der Waals surface area contributed by atoms with Crippen molar-refractivity contribution in [2.24, 2.45) is 5.73 Å². The molecule has 2 aromatic rings. The van der Waals surface area contributed by atoms with Crippen LogP contribution in [-0.4, -0.2) is 6.61 Å². The molecule has 0 heterocycles. The number of hydrogen-bond acceptors (Lipinski definition) is 2. The summed E-state index contributed by atoms with van der Waals surface area (Å²) in [6.45, 7) is 2.63. The largest absolute Gasteiger partial charge is 0.493 e. The van der Waals surface area contributed by atoms with Gasteiger partial charge >= 0.3 is 0 Å². The second-order valence-corrected chi connectivity index (χ2v) is 5.82. The highest BCUT2D eigenvalue weighted by Gasteiger charge is 2.26. The molecule has 1 aliphatic rings. The van der Waals surface area contributed by atoms with E-state index in [0.29, 0.717) is 17.5 Å². The lowest BCUT2D eigenvalue weighted by Gasteiger charge is -2.30. The molecule has 3 rings (SSSR count). The number of rotatable bonds is 4. The Bertz CT molecular complexity index is 624. The topological polar surface area (TPSA) is 35.2 Å². The molecule has 0 saturated heterocycles. The molecule has 1 unspecified atom stereocenters. The fourth-order valence-corrected chi connectivity index (χ4v) is 2.89. The number of fused-ring (bicyclic) bond motifs is 1. The van der Waals surface area contributed by atoms with Gasteiger partial charge in [-0.15, -0.1) is 0 Å². The lowest BCUT2D eigenvalue weighted by atomic mass is 9.78. The number of ether oxygens (including phenoxy) is 1. The maximum absolute atomic E-state index is 6.02. The van der Waals surface area contributed by atoms with Crippen LogP contribution in [0.3, 0.4) is 0 Å². The molecule has 20 heavy (non-hydrogen) atoms. The van der Waals surface area contributed by atoms with Crippen molar-refractivity contribution in [3.8, 4) is 5.75 Å². The van der Waals surface area contributed by atoms with Gasteiger partial charge in [0.25, 0.3) is 0 Å². The van der Waals surface area contributed by atoms with Crippen molar-refractivity contribution in [1.29, 1.82) is 0 Å². The second-order valence-electron chi connectivity index (χ2n) is 5.38. The summed E-state index contributed by atoms with van der Waals surface area (Å²) in [4.78, 5) is 0. The highest BCUT2D eigenvalue weighted by atomic mass is 35.5. The molecule has 2 aromatic carbocycles. The van der Waals surface area contributed by atoms with Gasteiger partial charge in [-0.2, -0.15) is 0 Å². The van der Waals surface area contributed by atoms with E-state index in [4.69, 9.17) is 22.1 Å². The van der Waals surface area contributed by atoms with Crippen molar-refractivity contribution >= 4 is 11.6 Å². The van der Waals surface area contributed by atoms with E-state index in [0.717, 1.165) is 17.7 Å². The maximum Gasteiger partial charge on any atom is 0.124 e. The third kappa shape index (κ3) is 2.54. The smallest absolute Gasteiger partial charge is 0.124 e. The van der Waals surface area contributed by atoms with Crippen LogP contribution >= 0.6 is 11.6 Å². The van der Waals surface area contributed by atoms with Gasteiger partial charge in [-0.3, -0.25) is 0 Å². The quantitative estimate of drug-likeness (QED) is 0.920. The van der Waals surface area contributed by atoms with Crippen LogP contribution in [0.1, 0.15) is 35.6 Å². The SMILES string of the molecule is C[C@@H](N)c1cc(Cl)ccc1OCC1Cc2ccccc21. The Balaban J connectivity index is 1.71. The van der Waals surface area contributed by atoms with Crippen LogP contribution in [-0.2, 0) is 6.42 Å². The average Bonchev–Trinajstić information content (AvgIpc) is 2.41. The van der Waals surface area contributed by atoms with Gasteiger partial charge in [0.15, 0.2) is 0 Å². The summed E-state index contributed by atoms with van der Waals surface area (Å²) in [5.41, 5.74) is 9.78. The van der Waals surface area contributed by atoms with Gasteiger partial charge in [-0.05, 0) is 42.7 Å². The van der Waals surface area contributed by atoms with Gasteiger partial charge in [0, 0.05) is 22.5 Å². The first kappa shape index (κ1) is 13.5. The summed E-state index contributed by atoms with van der Waals surface area (Å²) in [6, 6.07) is 14.1. The number of nitrogens with two attached hydrogens (primary N) is 1. The van der Waals surface area contributed by atoms with Crippen molar-refractivity contribution in [1.82, 2.24) is 0 Å². The lowest BCUT2D eigenvalue weighted by Crippen LogP contribution is -2.23. The Hall–Kier alpha value is -1.51. The predicted molar refractivity (Wildman–Crippen MR) is 82.4 cm³/mol. The van der Waals surface area contributed by atoms with E-state index in [-0.39, 0.29) is 6.04 Å². The highest BCUT2D eigenvalue weighted by Crippen LogP contribution is 2.36. The zero-order chi connectivity index (χ0) is 14.1. The Morgan fingerprint density at radius 1 is 1.30 bits per heavy atom. The number of hydrogen-bond donors (Lipinski definition) is 1. The zero-order valence-electron chi connectivity index (χ0n) is 11.5. The van der Waals surface area contributed by atoms with E-state index in [2.05, 4.69) is 24.3 Å². The molecule has 0 spiro atoms. The molecule has 0 fully saturated rings. The van der Waals surface area contributed by atoms with Crippen molar-refractivity contribution in [3.05, 3.63) is 64.2 Å². The minimum Gasteiger partial charge on any atom is -0.493 e. The molecule has 0 radical (unpaired) electrons. The maximum atomic E-state index is 6.02. The van der Waals surface area contributed by atoms with Crippen LogP contribution in [0, 0.1) is 0 Å². The standard InChI is InChI=1S/C17H18ClNO/c1-11(19)16-9-14(18)6-7-17(16)20-10-13-8-12-4-2-3-5-15(12)13/h2-7,9,11,13H,8,10,19H2,1H3/t11-,13?/m1/s1. The summed E-state index contributed by atoms with van der Waals surface area (Å²) < 4.78 is 5.98. The fraction of sp³-hybridized carbons (Fsp3) is 0.294. The molecule has 0 aliphatic heterocycles. The molecule has 104 valence electrons. The van der Waals surface area contributed by atoms with Crippen LogP contribution in [0.4, 0.5) is 0 Å². The van der Waals surface area contributed by atoms with Crippen LogP contribution in [0.15, 0.2) is 42.5 Å². The normalized spacial score (nSPS) is 18.1. The van der Waals surface area contributed by atoms with Crippen molar-refractivity contribution in [3.63, 3.8) is 0 Å². The van der Waals surface area contributed by atoms with Crippen molar-refractivity contribution < 1.29 is 4.74 Å². The van der Waals surface area contributed by atoms with Crippen LogP contribution < -0.4 is 10.5 Å². The Morgan fingerprint density at radius 2 is 2.10 bits per heavy atom. The van der Waals surface area contributed by atoms with Gasteiger partial charge in [0.05, 0.1) is 6.61 Å². The van der Waals surface area contributed by atoms with E-state index >= 15 is 0 Å². The van der Waals surface area contributed by atoms with E-state index in [1.807, 2.05) is 25.1 Å². The average molecular weight is 288 g/mol. The molecule has 3 heteroatoms. The summed E-state index contributed by atoms with van der Waals surface area (Å²) in [7, 11) is 0. The van der Waals surface area contributed by atoms with Crippen molar-refractivity contribution in [2.45, 2.75) is 25.3 Å². The summed E-state index contributed by atoms with van der Waals surface area (Å²) in [6.07, 6.45) is 1.09. The monoisotopic (exact) mass is 287 g/mol. The van der Waals surface area contributed by atoms with Gasteiger partial charge in [0.2, 0.25) is 0 Å². The highest BCUT2D eigenvalue weighted by molar-refractivity contribution is 6.30. The molecular formula is C17H18ClNO. The molecule has 1 aliphatic carbocycles. The minimum absolute atomic E-state index is 0.0858. The van der Waals surface area contributed by atoms with Crippen LogP contribution in [0.5, 0.6) is 5.75 Å². The third-order valence-electron chi connectivity index (χ3n) is 3.86. The molecule has 0 bridgehead atoms. The first-order chi connectivity index (χ1) is 9.65. The first-order valence-corrected chi connectivity index (χ1v) is 7.28. The van der Waals surface area contributed by atoms with E-state index in [9.17, 15) is 0 Å².